The Balaban J connectivity index is 0.000000411. The largest absolute Gasteiger partial charge is 0.366 e. The van der Waals surface area contributed by atoms with Gasteiger partial charge >= 0.3 is 0 Å². The van der Waals surface area contributed by atoms with E-state index in [2.05, 4.69) is 13.8 Å². The molecule has 18 heavy (non-hydrogen) atoms. The van der Waals surface area contributed by atoms with E-state index in [1.165, 1.54) is 49.9 Å². The molecule has 0 spiro atoms. The number of unbranched alkanes of at least 4 members (excludes halogenated alkanes) is 3. The molecular formula is C14H22N2O2. The number of benzene rings is 1. The molecule has 0 aliphatic heterocycles. The summed E-state index contributed by atoms with van der Waals surface area (Å²) in [4.78, 5) is 21.2. The van der Waals surface area contributed by atoms with Gasteiger partial charge in [0.1, 0.15) is 0 Å². The molecule has 0 aromatic heterocycles. The van der Waals surface area contributed by atoms with Crippen LogP contribution >= 0.6 is 0 Å². The molecule has 4 N–H and O–H groups in total. The Morgan fingerprint density at radius 3 is 1.28 bits per heavy atom. The van der Waals surface area contributed by atoms with Crippen LogP contribution in [0, 0.1) is 0 Å². The highest BCUT2D eigenvalue weighted by Crippen LogP contribution is 2.02. The lowest BCUT2D eigenvalue weighted by molar-refractivity contribution is 0.0988. The Morgan fingerprint density at radius 2 is 1.11 bits per heavy atom. The standard InChI is InChI=1S/C8H8N2O2.C6H14/c9-7(11)5-1-2-6(4-3-5)8(10)12;1-3-5-6-4-2/h1-4H,(H2,9,11)(H2,10,12);3-6H2,1-2H3. The molecule has 0 saturated heterocycles. The van der Waals surface area contributed by atoms with Gasteiger partial charge in [-0.05, 0) is 24.3 Å². The maximum Gasteiger partial charge on any atom is 0.248 e. The van der Waals surface area contributed by atoms with Crippen molar-refractivity contribution in [3.05, 3.63) is 35.4 Å². The molecule has 100 valence electrons. The summed E-state index contributed by atoms with van der Waals surface area (Å²) in [6.45, 7) is 4.46. The quantitative estimate of drug-likeness (QED) is 0.786. The van der Waals surface area contributed by atoms with Crippen LogP contribution in [0.2, 0.25) is 0 Å². The lowest BCUT2D eigenvalue weighted by Gasteiger charge is -1.96. The van der Waals surface area contributed by atoms with Crippen molar-refractivity contribution in [1.29, 1.82) is 0 Å². The fraction of sp³-hybridized carbons (Fsp3) is 0.429. The molecule has 1 rings (SSSR count). The van der Waals surface area contributed by atoms with E-state index in [9.17, 15) is 9.59 Å². The van der Waals surface area contributed by atoms with Crippen LogP contribution in [0.15, 0.2) is 24.3 Å². The third-order valence-corrected chi connectivity index (χ3v) is 2.41. The first kappa shape index (κ1) is 16.2. The van der Waals surface area contributed by atoms with Crippen molar-refractivity contribution in [2.24, 2.45) is 11.5 Å². The highest BCUT2D eigenvalue weighted by Gasteiger charge is 2.02. The van der Waals surface area contributed by atoms with Gasteiger partial charge in [0.15, 0.2) is 0 Å². The Hall–Kier alpha value is -1.84. The van der Waals surface area contributed by atoms with Gasteiger partial charge in [-0.2, -0.15) is 0 Å². The maximum absolute atomic E-state index is 10.6. The van der Waals surface area contributed by atoms with Gasteiger partial charge < -0.3 is 11.5 Å². The third-order valence-electron chi connectivity index (χ3n) is 2.41. The van der Waals surface area contributed by atoms with Gasteiger partial charge in [-0.15, -0.1) is 0 Å². The zero-order chi connectivity index (χ0) is 14.0. The highest BCUT2D eigenvalue weighted by molar-refractivity contribution is 5.96. The fourth-order valence-electron chi connectivity index (χ4n) is 1.30. The lowest BCUT2D eigenvalue weighted by atomic mass is 10.1. The van der Waals surface area contributed by atoms with Crippen LogP contribution in [0.4, 0.5) is 0 Å². The van der Waals surface area contributed by atoms with Crippen molar-refractivity contribution >= 4 is 11.8 Å². The van der Waals surface area contributed by atoms with E-state index in [1.807, 2.05) is 0 Å². The van der Waals surface area contributed by atoms with Gasteiger partial charge in [-0.1, -0.05) is 39.5 Å². The second kappa shape index (κ2) is 9.22. The van der Waals surface area contributed by atoms with Crippen LogP contribution in [0.3, 0.4) is 0 Å². The van der Waals surface area contributed by atoms with Crippen LogP contribution in [0.5, 0.6) is 0 Å². The molecule has 0 aliphatic rings. The molecule has 0 atom stereocenters. The third kappa shape index (κ3) is 6.68. The molecule has 0 aliphatic carbocycles. The zero-order valence-electron chi connectivity index (χ0n) is 11.1. The van der Waals surface area contributed by atoms with E-state index >= 15 is 0 Å². The van der Waals surface area contributed by atoms with E-state index in [0.29, 0.717) is 11.1 Å². The summed E-state index contributed by atoms with van der Waals surface area (Å²) in [7, 11) is 0. The number of carbonyl (C=O) groups excluding carboxylic acids is 2. The average molecular weight is 250 g/mol. The summed E-state index contributed by atoms with van der Waals surface area (Å²) in [6.07, 6.45) is 5.54. The summed E-state index contributed by atoms with van der Waals surface area (Å²) in [5, 5.41) is 0. The Bertz CT molecular complexity index is 335. The summed E-state index contributed by atoms with van der Waals surface area (Å²) in [5.41, 5.74) is 10.7. The van der Waals surface area contributed by atoms with E-state index in [-0.39, 0.29) is 0 Å². The smallest absolute Gasteiger partial charge is 0.248 e. The molecule has 4 nitrogen and oxygen atoms in total. The van der Waals surface area contributed by atoms with Crippen molar-refractivity contribution in [3.63, 3.8) is 0 Å². The Morgan fingerprint density at radius 1 is 0.833 bits per heavy atom. The minimum atomic E-state index is -0.522. The molecule has 0 fully saturated rings. The summed E-state index contributed by atoms with van der Waals surface area (Å²) >= 11 is 0. The van der Waals surface area contributed by atoms with Gasteiger partial charge in [-0.25, -0.2) is 0 Å². The normalized spacial score (nSPS) is 9.22. The topological polar surface area (TPSA) is 86.2 Å². The molecule has 0 radical (unpaired) electrons. The van der Waals surface area contributed by atoms with Crippen molar-refractivity contribution in [2.75, 3.05) is 0 Å². The second-order valence-electron chi connectivity index (χ2n) is 4.01. The summed E-state index contributed by atoms with van der Waals surface area (Å²) in [5.74, 6) is -1.04. The number of amides is 2. The monoisotopic (exact) mass is 250 g/mol. The van der Waals surface area contributed by atoms with E-state index in [1.54, 1.807) is 0 Å². The SMILES string of the molecule is CCCCCC.NC(=O)c1ccc(C(N)=O)cc1. The first-order chi connectivity index (χ1) is 8.52. The van der Waals surface area contributed by atoms with E-state index in [4.69, 9.17) is 11.5 Å². The molecule has 2 amide bonds. The number of hydrogen-bond donors (Lipinski definition) is 2. The van der Waals surface area contributed by atoms with Crippen molar-refractivity contribution in [3.8, 4) is 0 Å². The van der Waals surface area contributed by atoms with Crippen molar-refractivity contribution in [2.45, 2.75) is 39.5 Å². The summed E-state index contributed by atoms with van der Waals surface area (Å²) < 4.78 is 0. The molecule has 4 heteroatoms. The number of hydrogen-bond acceptors (Lipinski definition) is 2. The van der Waals surface area contributed by atoms with Crippen LogP contribution in [-0.2, 0) is 0 Å². The molecule has 0 saturated carbocycles. The van der Waals surface area contributed by atoms with Gasteiger partial charge in [0.2, 0.25) is 11.8 Å². The van der Waals surface area contributed by atoms with E-state index < -0.39 is 11.8 Å². The van der Waals surface area contributed by atoms with Gasteiger partial charge in [-0.3, -0.25) is 9.59 Å². The number of nitrogens with two attached hydrogens (primary N) is 2. The molecule has 1 aromatic rings. The van der Waals surface area contributed by atoms with Crippen molar-refractivity contribution in [1.82, 2.24) is 0 Å². The van der Waals surface area contributed by atoms with Gasteiger partial charge in [0, 0.05) is 11.1 Å². The number of primary amides is 2. The Labute approximate surface area is 108 Å². The molecule has 0 bridgehead atoms. The first-order valence-electron chi connectivity index (χ1n) is 6.22. The van der Waals surface area contributed by atoms with Gasteiger partial charge in [0.05, 0.1) is 0 Å². The number of rotatable bonds is 5. The summed E-state index contributed by atoms with van der Waals surface area (Å²) in [6, 6.07) is 5.84. The van der Waals surface area contributed by atoms with Crippen LogP contribution < -0.4 is 11.5 Å². The predicted octanol–water partition coefficient (Wildman–Crippen LogP) is 2.47. The second-order valence-corrected chi connectivity index (χ2v) is 4.01. The van der Waals surface area contributed by atoms with Crippen LogP contribution in [0.25, 0.3) is 0 Å². The van der Waals surface area contributed by atoms with Crippen LogP contribution in [0.1, 0.15) is 60.2 Å². The molecule has 0 heterocycles. The van der Waals surface area contributed by atoms with Gasteiger partial charge in [0.25, 0.3) is 0 Å². The fourth-order valence-corrected chi connectivity index (χ4v) is 1.30. The molecular weight excluding hydrogens is 228 g/mol. The minimum absolute atomic E-state index is 0.361. The number of carbonyl (C=O) groups is 2. The molecule has 1 aromatic carbocycles. The average Bonchev–Trinajstić information content (AvgIpc) is 2.37. The highest BCUT2D eigenvalue weighted by atomic mass is 16.1. The van der Waals surface area contributed by atoms with Crippen LogP contribution in [-0.4, -0.2) is 11.8 Å². The maximum atomic E-state index is 10.6. The first-order valence-corrected chi connectivity index (χ1v) is 6.22. The molecule has 0 unspecified atom stereocenters. The lowest BCUT2D eigenvalue weighted by Crippen LogP contribution is -2.13. The van der Waals surface area contributed by atoms with Crippen molar-refractivity contribution < 1.29 is 9.59 Å². The predicted molar refractivity (Wildman–Crippen MR) is 73.3 cm³/mol. The van der Waals surface area contributed by atoms with E-state index in [0.717, 1.165) is 0 Å². The zero-order valence-corrected chi connectivity index (χ0v) is 11.1. The minimum Gasteiger partial charge on any atom is -0.366 e. The Kier molecular flexibility index (Phi) is 8.27.